The predicted molar refractivity (Wildman–Crippen MR) is 105 cm³/mol. The van der Waals surface area contributed by atoms with Crippen LogP contribution in [0, 0.1) is 5.41 Å². The van der Waals surface area contributed by atoms with Gasteiger partial charge in [0.05, 0.1) is 6.04 Å². The predicted octanol–water partition coefficient (Wildman–Crippen LogP) is 4.87. The van der Waals surface area contributed by atoms with Gasteiger partial charge >= 0.3 is 0 Å². The van der Waals surface area contributed by atoms with Crippen molar-refractivity contribution in [2.24, 2.45) is 5.41 Å². The highest BCUT2D eigenvalue weighted by Gasteiger charge is 2.65. The molecule has 3 heteroatoms. The second-order valence-corrected chi connectivity index (χ2v) is 8.31. The van der Waals surface area contributed by atoms with Crippen molar-refractivity contribution in [1.29, 1.82) is 0 Å². The number of aliphatic hydroxyl groups is 1. The molecule has 1 N–H and O–H groups in total. The molecule has 2 rings (SSSR count). The summed E-state index contributed by atoms with van der Waals surface area (Å²) < 4.78 is 0. The van der Waals surface area contributed by atoms with Crippen LogP contribution in [-0.2, 0) is 4.79 Å². The van der Waals surface area contributed by atoms with E-state index in [-0.39, 0.29) is 11.9 Å². The summed E-state index contributed by atoms with van der Waals surface area (Å²) >= 11 is 0. The first-order valence-electron chi connectivity index (χ1n) is 9.00. The van der Waals surface area contributed by atoms with Gasteiger partial charge in [0.2, 0.25) is 0 Å². The third-order valence-corrected chi connectivity index (χ3v) is 4.96. The monoisotopic (exact) mass is 341 g/mol. The van der Waals surface area contributed by atoms with Gasteiger partial charge in [-0.3, -0.25) is 9.69 Å². The fraction of sp³-hybridized carbons (Fsp3) is 0.500. The SMILES string of the molecule is CC(C)=CCC/C(C)=C/C1N(c2ccccc2)C(=O)C1(O)C(C)(C)C. The van der Waals surface area contributed by atoms with Crippen molar-refractivity contribution in [3.63, 3.8) is 0 Å². The molecule has 1 saturated heterocycles. The quantitative estimate of drug-likeness (QED) is 0.613. The van der Waals surface area contributed by atoms with Gasteiger partial charge in [-0.05, 0) is 45.7 Å². The van der Waals surface area contributed by atoms with Gasteiger partial charge in [-0.1, -0.05) is 62.3 Å². The van der Waals surface area contributed by atoms with E-state index in [9.17, 15) is 9.90 Å². The van der Waals surface area contributed by atoms with Crippen molar-refractivity contribution in [2.75, 3.05) is 4.90 Å². The zero-order valence-corrected chi connectivity index (χ0v) is 16.3. The third-order valence-electron chi connectivity index (χ3n) is 4.96. The largest absolute Gasteiger partial charge is 0.377 e. The van der Waals surface area contributed by atoms with Crippen molar-refractivity contribution in [3.8, 4) is 0 Å². The number of allylic oxidation sites excluding steroid dienone is 3. The van der Waals surface area contributed by atoms with Gasteiger partial charge in [-0.2, -0.15) is 0 Å². The molecule has 1 aliphatic rings. The van der Waals surface area contributed by atoms with Gasteiger partial charge in [0.15, 0.2) is 5.60 Å². The summed E-state index contributed by atoms with van der Waals surface area (Å²) in [5.41, 5.74) is 1.43. The van der Waals surface area contributed by atoms with E-state index < -0.39 is 11.0 Å². The number of anilines is 1. The number of hydrogen-bond acceptors (Lipinski definition) is 2. The summed E-state index contributed by atoms with van der Waals surface area (Å²) in [6.07, 6.45) is 6.19. The number of carbonyl (C=O) groups excluding carboxylic acids is 1. The molecule has 0 aromatic heterocycles. The first-order valence-corrected chi connectivity index (χ1v) is 9.00. The van der Waals surface area contributed by atoms with Crippen molar-refractivity contribution in [1.82, 2.24) is 0 Å². The molecule has 1 heterocycles. The summed E-state index contributed by atoms with van der Waals surface area (Å²) in [5, 5.41) is 11.2. The Labute approximate surface area is 152 Å². The zero-order chi connectivity index (χ0) is 18.8. The molecular weight excluding hydrogens is 310 g/mol. The Morgan fingerprint density at radius 2 is 1.80 bits per heavy atom. The van der Waals surface area contributed by atoms with Gasteiger partial charge in [-0.25, -0.2) is 0 Å². The highest BCUT2D eigenvalue weighted by Crippen LogP contribution is 2.47. The Hall–Kier alpha value is -1.87. The van der Waals surface area contributed by atoms with E-state index in [2.05, 4.69) is 32.9 Å². The van der Waals surface area contributed by atoms with Crippen LogP contribution in [0.5, 0.6) is 0 Å². The van der Waals surface area contributed by atoms with Gasteiger partial charge in [0.25, 0.3) is 5.91 Å². The van der Waals surface area contributed by atoms with Crippen LogP contribution in [-0.4, -0.2) is 22.7 Å². The van der Waals surface area contributed by atoms with Crippen LogP contribution in [0.1, 0.15) is 54.4 Å². The van der Waals surface area contributed by atoms with Crippen molar-refractivity contribution >= 4 is 11.6 Å². The number of amides is 1. The van der Waals surface area contributed by atoms with Crippen LogP contribution in [0.25, 0.3) is 0 Å². The molecule has 1 aromatic rings. The van der Waals surface area contributed by atoms with E-state index in [0.717, 1.165) is 18.5 Å². The molecule has 2 unspecified atom stereocenters. The van der Waals surface area contributed by atoms with E-state index in [0.29, 0.717) is 0 Å². The van der Waals surface area contributed by atoms with Crippen LogP contribution >= 0.6 is 0 Å². The Morgan fingerprint density at radius 3 is 2.32 bits per heavy atom. The lowest BCUT2D eigenvalue weighted by Crippen LogP contribution is -2.78. The standard InChI is InChI=1S/C22H31NO2/c1-16(2)11-10-12-17(3)15-19-22(25,21(4,5)6)20(24)23(19)18-13-8-7-9-14-18/h7-9,11,13-15,19,25H,10,12H2,1-6H3/b17-15+. The normalized spacial score (nSPS) is 24.1. The number of hydrogen-bond donors (Lipinski definition) is 1. The number of β-lactam (4-membered cyclic amide) rings is 1. The first-order chi connectivity index (χ1) is 11.6. The average molecular weight is 341 g/mol. The lowest BCUT2D eigenvalue weighted by Gasteiger charge is -2.57. The second kappa shape index (κ2) is 7.17. The van der Waals surface area contributed by atoms with Crippen LogP contribution in [0.15, 0.2) is 53.6 Å². The third kappa shape index (κ3) is 3.72. The van der Waals surface area contributed by atoms with E-state index in [1.165, 1.54) is 11.1 Å². The molecule has 0 radical (unpaired) electrons. The average Bonchev–Trinajstić information content (AvgIpc) is 2.53. The number of carbonyl (C=O) groups is 1. The number of para-hydroxylation sites is 1. The lowest BCUT2D eigenvalue weighted by atomic mass is 9.64. The van der Waals surface area contributed by atoms with Crippen LogP contribution in [0.2, 0.25) is 0 Å². The van der Waals surface area contributed by atoms with E-state index in [1.54, 1.807) is 4.90 Å². The Balaban J connectivity index is 2.33. The smallest absolute Gasteiger partial charge is 0.262 e. The van der Waals surface area contributed by atoms with Gasteiger partial charge in [0, 0.05) is 11.1 Å². The molecule has 0 saturated carbocycles. The topological polar surface area (TPSA) is 40.5 Å². The van der Waals surface area contributed by atoms with Gasteiger partial charge in [-0.15, -0.1) is 0 Å². The molecule has 2 atom stereocenters. The highest BCUT2D eigenvalue weighted by atomic mass is 16.3. The highest BCUT2D eigenvalue weighted by molar-refractivity contribution is 6.09. The minimum atomic E-state index is -1.37. The number of nitrogens with zero attached hydrogens (tertiary/aromatic N) is 1. The van der Waals surface area contributed by atoms with Crippen molar-refractivity contribution in [2.45, 2.75) is 66.0 Å². The molecule has 1 aromatic carbocycles. The summed E-state index contributed by atoms with van der Waals surface area (Å²) in [5.74, 6) is -0.218. The van der Waals surface area contributed by atoms with E-state index in [4.69, 9.17) is 0 Å². The van der Waals surface area contributed by atoms with Crippen LogP contribution in [0.4, 0.5) is 5.69 Å². The minimum Gasteiger partial charge on any atom is -0.377 e. The van der Waals surface area contributed by atoms with E-state index >= 15 is 0 Å². The summed E-state index contributed by atoms with van der Waals surface area (Å²) in [4.78, 5) is 14.6. The Kier molecular flexibility index (Phi) is 5.58. The maximum Gasteiger partial charge on any atom is 0.262 e. The molecule has 3 nitrogen and oxygen atoms in total. The van der Waals surface area contributed by atoms with Gasteiger partial charge < -0.3 is 5.11 Å². The van der Waals surface area contributed by atoms with Crippen molar-refractivity contribution < 1.29 is 9.90 Å². The van der Waals surface area contributed by atoms with E-state index in [1.807, 2.05) is 51.1 Å². The molecule has 1 aliphatic heterocycles. The maximum atomic E-state index is 12.9. The molecule has 136 valence electrons. The number of benzene rings is 1. The second-order valence-electron chi connectivity index (χ2n) is 8.31. The first kappa shape index (κ1) is 19.5. The Bertz CT molecular complexity index is 678. The minimum absolute atomic E-state index is 0.218. The molecule has 25 heavy (non-hydrogen) atoms. The number of rotatable bonds is 5. The summed E-state index contributed by atoms with van der Waals surface area (Å²) in [7, 11) is 0. The molecule has 1 amide bonds. The van der Waals surface area contributed by atoms with Crippen molar-refractivity contribution in [3.05, 3.63) is 53.6 Å². The molecule has 0 aliphatic carbocycles. The lowest BCUT2D eigenvalue weighted by molar-refractivity contribution is -0.167. The van der Waals surface area contributed by atoms with Crippen LogP contribution < -0.4 is 4.90 Å². The summed E-state index contributed by atoms with van der Waals surface area (Å²) in [6.45, 7) is 12.0. The van der Waals surface area contributed by atoms with Gasteiger partial charge in [0.1, 0.15) is 0 Å². The molecular formula is C22H31NO2. The Morgan fingerprint density at radius 1 is 1.20 bits per heavy atom. The fourth-order valence-corrected chi connectivity index (χ4v) is 3.32. The molecule has 1 fully saturated rings. The summed E-state index contributed by atoms with van der Waals surface area (Å²) in [6, 6.07) is 9.26. The molecule has 0 spiro atoms. The fourth-order valence-electron chi connectivity index (χ4n) is 3.32. The molecule has 0 bridgehead atoms. The van der Waals surface area contributed by atoms with Crippen LogP contribution in [0.3, 0.4) is 0 Å². The zero-order valence-electron chi connectivity index (χ0n) is 16.3. The maximum absolute atomic E-state index is 12.9.